The zero-order valence-corrected chi connectivity index (χ0v) is 14.7. The Morgan fingerprint density at radius 2 is 2.04 bits per heavy atom. The lowest BCUT2D eigenvalue weighted by Crippen LogP contribution is -2.45. The van der Waals surface area contributed by atoms with Gasteiger partial charge in [0.05, 0.1) is 6.20 Å². The zero-order valence-electron chi connectivity index (χ0n) is 12.3. The maximum absolute atomic E-state index is 13.2. The van der Waals surface area contributed by atoms with Gasteiger partial charge in [0, 0.05) is 23.6 Å². The lowest BCUT2D eigenvalue weighted by atomic mass is 9.99. The lowest BCUT2D eigenvalue weighted by Gasteiger charge is -2.27. The van der Waals surface area contributed by atoms with Crippen LogP contribution in [0.2, 0.25) is 0 Å². The summed E-state index contributed by atoms with van der Waals surface area (Å²) in [5.41, 5.74) is 2.03. The number of nitrogen functional groups attached to an aromatic ring is 1. The Bertz CT molecular complexity index is 845. The molecule has 1 atom stereocenters. The minimum atomic E-state index is -5.13. The number of nitrogens with one attached hydrogen (secondary N) is 1. The van der Waals surface area contributed by atoms with Crippen LogP contribution in [0.1, 0.15) is 12.3 Å². The number of halogens is 4. The standard InChI is InChI=1S/C12H12BrF3N4O4S/c13-7-5-8(9(17)19-6-7)25(22,23)20-2-1-11(21,12(14,15)16)10-18-3-4-24-10/h3-6,20-21H,1-2H2,(H2,17,19). The fourth-order valence-electron chi connectivity index (χ4n) is 1.89. The minimum absolute atomic E-state index is 0.314. The van der Waals surface area contributed by atoms with Crippen LogP contribution in [-0.2, 0) is 15.6 Å². The molecule has 0 fully saturated rings. The molecule has 4 N–H and O–H groups in total. The molecule has 0 aliphatic carbocycles. The minimum Gasteiger partial charge on any atom is -0.446 e. The van der Waals surface area contributed by atoms with Gasteiger partial charge in [0.25, 0.3) is 0 Å². The number of pyridine rings is 1. The van der Waals surface area contributed by atoms with Gasteiger partial charge in [-0.3, -0.25) is 0 Å². The number of alkyl halides is 3. The van der Waals surface area contributed by atoms with E-state index >= 15 is 0 Å². The number of hydrogen-bond acceptors (Lipinski definition) is 7. The predicted molar refractivity (Wildman–Crippen MR) is 82.6 cm³/mol. The average Bonchev–Trinajstić information content (AvgIpc) is 3.02. The fraction of sp³-hybridized carbons (Fsp3) is 0.333. The van der Waals surface area contributed by atoms with Crippen LogP contribution in [0.4, 0.5) is 19.0 Å². The first-order chi connectivity index (χ1) is 11.5. The van der Waals surface area contributed by atoms with Crippen LogP contribution in [0.5, 0.6) is 0 Å². The third kappa shape index (κ3) is 4.11. The SMILES string of the molecule is Nc1ncc(Br)cc1S(=O)(=O)NCCC(O)(c1ncco1)C(F)(F)F. The van der Waals surface area contributed by atoms with Crippen molar-refractivity contribution < 1.29 is 31.1 Å². The summed E-state index contributed by atoms with van der Waals surface area (Å²) in [6, 6.07) is 1.15. The van der Waals surface area contributed by atoms with Crippen LogP contribution in [-0.4, -0.2) is 36.2 Å². The van der Waals surface area contributed by atoms with E-state index in [1.807, 2.05) is 4.72 Å². The molecule has 25 heavy (non-hydrogen) atoms. The Hall–Kier alpha value is -1.70. The lowest BCUT2D eigenvalue weighted by molar-refractivity contribution is -0.276. The van der Waals surface area contributed by atoms with E-state index in [2.05, 4.69) is 30.3 Å². The topological polar surface area (TPSA) is 131 Å². The first-order valence-corrected chi connectivity index (χ1v) is 8.85. The summed E-state index contributed by atoms with van der Waals surface area (Å²) in [7, 11) is -4.25. The normalized spacial score (nSPS) is 15.1. The van der Waals surface area contributed by atoms with E-state index in [1.54, 1.807) is 0 Å². The fourth-order valence-corrected chi connectivity index (χ4v) is 3.51. The maximum Gasteiger partial charge on any atom is 0.426 e. The van der Waals surface area contributed by atoms with Gasteiger partial charge < -0.3 is 15.3 Å². The number of nitrogens with two attached hydrogens (primary N) is 1. The smallest absolute Gasteiger partial charge is 0.426 e. The first kappa shape index (κ1) is 19.6. The number of aliphatic hydroxyl groups is 1. The van der Waals surface area contributed by atoms with Gasteiger partial charge in [0.2, 0.25) is 21.5 Å². The van der Waals surface area contributed by atoms with Crippen molar-refractivity contribution in [3.05, 3.63) is 35.1 Å². The molecule has 2 rings (SSSR count). The van der Waals surface area contributed by atoms with E-state index in [0.29, 0.717) is 4.47 Å². The van der Waals surface area contributed by atoms with E-state index in [4.69, 9.17) is 5.73 Å². The molecule has 0 amide bonds. The Morgan fingerprint density at radius 3 is 2.60 bits per heavy atom. The number of oxazole rings is 1. The molecule has 0 radical (unpaired) electrons. The Kier molecular flexibility index (Phi) is 5.41. The Balaban J connectivity index is 2.19. The van der Waals surface area contributed by atoms with Crippen LogP contribution in [0.15, 0.2) is 38.5 Å². The monoisotopic (exact) mass is 444 g/mol. The molecule has 0 aliphatic heterocycles. The largest absolute Gasteiger partial charge is 0.446 e. The molecule has 2 heterocycles. The zero-order chi connectivity index (χ0) is 18.9. The second kappa shape index (κ2) is 6.90. The second-order valence-electron chi connectivity index (χ2n) is 4.88. The van der Waals surface area contributed by atoms with Gasteiger partial charge in [0.15, 0.2) is 0 Å². The van der Waals surface area contributed by atoms with Gasteiger partial charge in [-0.1, -0.05) is 0 Å². The number of rotatable bonds is 6. The molecular formula is C12H12BrF3N4O4S. The molecule has 0 saturated carbocycles. The molecule has 138 valence electrons. The van der Waals surface area contributed by atoms with E-state index in [0.717, 1.165) is 18.5 Å². The number of hydrogen-bond donors (Lipinski definition) is 3. The van der Waals surface area contributed by atoms with Crippen LogP contribution in [0, 0.1) is 0 Å². The van der Waals surface area contributed by atoms with Gasteiger partial charge in [-0.2, -0.15) is 13.2 Å². The van der Waals surface area contributed by atoms with Crippen LogP contribution in [0.3, 0.4) is 0 Å². The predicted octanol–water partition coefficient (Wildman–Crippen LogP) is 1.53. The molecule has 0 aliphatic rings. The summed E-state index contributed by atoms with van der Waals surface area (Å²) in [5.74, 6) is -1.31. The van der Waals surface area contributed by atoms with E-state index < -0.39 is 45.6 Å². The van der Waals surface area contributed by atoms with Crippen molar-refractivity contribution in [1.82, 2.24) is 14.7 Å². The van der Waals surface area contributed by atoms with Crippen molar-refractivity contribution in [1.29, 1.82) is 0 Å². The summed E-state index contributed by atoms with van der Waals surface area (Å²) in [4.78, 5) is 6.53. The molecule has 0 bridgehead atoms. The molecule has 1 unspecified atom stereocenters. The number of aromatic nitrogens is 2. The van der Waals surface area contributed by atoms with Crippen molar-refractivity contribution in [2.75, 3.05) is 12.3 Å². The number of nitrogens with zero attached hydrogens (tertiary/aromatic N) is 2. The number of sulfonamides is 1. The molecule has 2 aromatic heterocycles. The van der Waals surface area contributed by atoms with Crippen molar-refractivity contribution in [3.63, 3.8) is 0 Å². The maximum atomic E-state index is 13.2. The molecule has 2 aromatic rings. The molecule has 8 nitrogen and oxygen atoms in total. The highest BCUT2D eigenvalue weighted by atomic mass is 79.9. The number of anilines is 1. The summed E-state index contributed by atoms with van der Waals surface area (Å²) < 4.78 is 70.6. The second-order valence-corrected chi connectivity index (χ2v) is 7.53. The Labute approximate surface area is 148 Å². The van der Waals surface area contributed by atoms with Crippen LogP contribution >= 0.6 is 15.9 Å². The van der Waals surface area contributed by atoms with Crippen molar-refractivity contribution in [2.45, 2.75) is 23.1 Å². The van der Waals surface area contributed by atoms with Gasteiger partial charge >= 0.3 is 6.18 Å². The van der Waals surface area contributed by atoms with Crippen molar-refractivity contribution in [2.24, 2.45) is 0 Å². The van der Waals surface area contributed by atoms with Gasteiger partial charge in [-0.15, -0.1) is 0 Å². The first-order valence-electron chi connectivity index (χ1n) is 6.57. The highest BCUT2D eigenvalue weighted by Crippen LogP contribution is 2.40. The summed E-state index contributed by atoms with van der Waals surface area (Å²) in [6.45, 7) is -0.757. The van der Waals surface area contributed by atoms with Crippen molar-refractivity contribution in [3.8, 4) is 0 Å². The third-order valence-electron chi connectivity index (χ3n) is 3.17. The third-order valence-corrected chi connectivity index (χ3v) is 5.10. The van der Waals surface area contributed by atoms with Crippen LogP contribution < -0.4 is 10.5 Å². The van der Waals surface area contributed by atoms with Gasteiger partial charge in [-0.25, -0.2) is 23.1 Å². The molecule has 13 heteroatoms. The van der Waals surface area contributed by atoms with Gasteiger partial charge in [0.1, 0.15) is 17.0 Å². The summed E-state index contributed by atoms with van der Waals surface area (Å²) in [5, 5.41) is 9.91. The molecule has 0 aromatic carbocycles. The van der Waals surface area contributed by atoms with E-state index in [9.17, 15) is 26.7 Å². The van der Waals surface area contributed by atoms with Gasteiger partial charge in [-0.05, 0) is 22.0 Å². The average molecular weight is 445 g/mol. The molecule has 0 spiro atoms. The van der Waals surface area contributed by atoms with E-state index in [-0.39, 0.29) is 5.82 Å². The summed E-state index contributed by atoms with van der Waals surface area (Å²) >= 11 is 3.02. The van der Waals surface area contributed by atoms with Crippen molar-refractivity contribution >= 4 is 31.8 Å². The summed E-state index contributed by atoms with van der Waals surface area (Å²) in [6.07, 6.45) is -3.12. The molecule has 0 saturated heterocycles. The molecular weight excluding hydrogens is 433 g/mol. The van der Waals surface area contributed by atoms with Crippen LogP contribution in [0.25, 0.3) is 0 Å². The highest BCUT2D eigenvalue weighted by Gasteiger charge is 2.58. The Morgan fingerprint density at radius 1 is 1.36 bits per heavy atom. The van der Waals surface area contributed by atoms with E-state index in [1.165, 1.54) is 6.20 Å². The highest BCUT2D eigenvalue weighted by molar-refractivity contribution is 9.10. The quantitative estimate of drug-likeness (QED) is 0.615.